The summed E-state index contributed by atoms with van der Waals surface area (Å²) in [7, 11) is 0. The number of hydrogen-bond acceptors (Lipinski definition) is 12. The van der Waals surface area contributed by atoms with Crippen LogP contribution in [0.2, 0.25) is 0 Å². The number of thiazole rings is 1. The maximum atomic E-state index is 12.8. The third-order valence-corrected chi connectivity index (χ3v) is 6.74. The number of allylic oxidation sites excluding steroid dienone is 1. The molecule has 4 rings (SSSR count). The Morgan fingerprint density at radius 2 is 2.15 bits per heavy atom. The molecule has 13 nitrogen and oxygen atoms in total. The van der Waals surface area contributed by atoms with E-state index in [1.165, 1.54) is 35.9 Å². The van der Waals surface area contributed by atoms with Gasteiger partial charge in [-0.05, 0) is 11.6 Å². The predicted octanol–water partition coefficient (Wildman–Crippen LogP) is 0.0674. The number of nitrogens with zero attached hydrogens (tertiary/aromatic N) is 5. The van der Waals surface area contributed by atoms with Crippen LogP contribution in [0.3, 0.4) is 0 Å². The second-order valence-corrected chi connectivity index (χ2v) is 8.84. The van der Waals surface area contributed by atoms with Gasteiger partial charge in [0.25, 0.3) is 11.8 Å². The first-order valence-corrected chi connectivity index (χ1v) is 11.5. The van der Waals surface area contributed by atoms with Gasteiger partial charge >= 0.3 is 5.97 Å². The van der Waals surface area contributed by atoms with Crippen molar-refractivity contribution < 1.29 is 29.4 Å². The van der Waals surface area contributed by atoms with Crippen molar-refractivity contribution in [2.45, 2.75) is 11.4 Å². The highest BCUT2D eigenvalue weighted by atomic mass is 32.2. The Morgan fingerprint density at radius 1 is 1.38 bits per heavy atom. The largest absolute Gasteiger partial charge is 0.486 e. The number of hydrogen-bond donors (Lipinski definition) is 4. The number of thioether (sulfide) groups is 1. The second kappa shape index (κ2) is 9.88. The number of nitrogens with one attached hydrogen (secondary N) is 1. The Labute approximate surface area is 200 Å². The fourth-order valence-electron chi connectivity index (χ4n) is 3.28. The summed E-state index contributed by atoms with van der Waals surface area (Å²) in [6.45, 7) is 0.148. The number of fused-ring (bicyclic) bond motifs is 1. The molecule has 5 N–H and O–H groups in total. The molecule has 2 aromatic heterocycles. The van der Waals surface area contributed by atoms with E-state index in [0.717, 1.165) is 16.2 Å². The molecule has 0 aliphatic carbocycles. The van der Waals surface area contributed by atoms with Crippen molar-refractivity contribution in [2.75, 3.05) is 18.1 Å². The lowest BCUT2D eigenvalue weighted by atomic mass is 10.0. The van der Waals surface area contributed by atoms with Crippen LogP contribution in [0.4, 0.5) is 5.13 Å². The molecule has 2 atom stereocenters. The van der Waals surface area contributed by atoms with Crippen LogP contribution in [0, 0.1) is 0 Å². The molecular weight excluding hydrogens is 486 g/mol. The fraction of sp³-hybridized carbons (Fsp3) is 0.211. The monoisotopic (exact) mass is 503 g/mol. The van der Waals surface area contributed by atoms with Crippen LogP contribution in [-0.4, -0.2) is 77.4 Å². The molecule has 2 aromatic rings. The summed E-state index contributed by atoms with van der Waals surface area (Å²) in [4.78, 5) is 49.9. The van der Waals surface area contributed by atoms with Crippen LogP contribution in [-0.2, 0) is 14.4 Å². The first-order valence-electron chi connectivity index (χ1n) is 9.60. The van der Waals surface area contributed by atoms with E-state index in [4.69, 9.17) is 10.5 Å². The smallest absolute Gasteiger partial charge is 0.352 e. The van der Waals surface area contributed by atoms with E-state index < -0.39 is 34.9 Å². The van der Waals surface area contributed by atoms with Gasteiger partial charge in [0.05, 0.1) is 12.4 Å². The van der Waals surface area contributed by atoms with Gasteiger partial charge in [-0.1, -0.05) is 11.2 Å². The minimum atomic E-state index is -1.27. The molecule has 15 heteroatoms. The Balaban J connectivity index is 1.44. The molecule has 0 radical (unpaired) electrons. The van der Waals surface area contributed by atoms with Gasteiger partial charge in [-0.25, -0.2) is 19.7 Å². The van der Waals surface area contributed by atoms with Crippen molar-refractivity contribution in [1.29, 1.82) is 0 Å². The fourth-order valence-corrected chi connectivity index (χ4v) is 5.15. The van der Waals surface area contributed by atoms with Crippen LogP contribution in [0.15, 0.2) is 52.7 Å². The average Bonchev–Trinajstić information content (AvgIpc) is 3.26. The molecule has 176 valence electrons. The van der Waals surface area contributed by atoms with E-state index in [1.807, 2.05) is 0 Å². The molecule has 0 unspecified atom stereocenters. The number of carbonyl (C=O) groups is 3. The number of carbonyl (C=O) groups excluding carboxylic acids is 2. The molecule has 34 heavy (non-hydrogen) atoms. The van der Waals surface area contributed by atoms with Gasteiger partial charge in [0.1, 0.15) is 35.7 Å². The SMILES string of the molecule is Nc1nc(C(=NO)C(=O)N[C@@H]2C(=O)N3C(C(=O)O)=C(/C=C\COc4cncnc4)CS[C@H]23)cs1. The van der Waals surface area contributed by atoms with Crippen LogP contribution in [0.25, 0.3) is 0 Å². The standard InChI is InChI=1S/C19H17N7O6S2/c20-19-23-11(7-34-19)12(25-31)15(27)24-13-16(28)26-14(18(29)30)9(6-33-17(13)26)2-1-3-32-10-4-21-8-22-5-10/h1-2,4-5,7-8,13,17,31H,3,6H2,(H2,20,23)(H,24,27)(H,29,30)/b2-1-,25-12?/t13-,17-/m1/s1. The molecule has 2 aliphatic heterocycles. The number of amides is 2. The van der Waals surface area contributed by atoms with Crippen molar-refractivity contribution in [2.24, 2.45) is 5.16 Å². The zero-order valence-corrected chi connectivity index (χ0v) is 18.8. The molecule has 2 amide bonds. The van der Waals surface area contributed by atoms with Gasteiger partial charge in [-0.15, -0.1) is 23.1 Å². The van der Waals surface area contributed by atoms with Gasteiger partial charge in [-0.3, -0.25) is 14.5 Å². The Bertz CT molecular complexity index is 1210. The zero-order valence-electron chi connectivity index (χ0n) is 17.2. The summed E-state index contributed by atoms with van der Waals surface area (Å²) in [5.74, 6) is -1.95. The van der Waals surface area contributed by atoms with Crippen molar-refractivity contribution in [3.63, 3.8) is 0 Å². The summed E-state index contributed by atoms with van der Waals surface area (Å²) in [5, 5.41) is 25.4. The van der Waals surface area contributed by atoms with E-state index in [9.17, 15) is 24.7 Å². The van der Waals surface area contributed by atoms with Crippen molar-refractivity contribution >= 4 is 51.7 Å². The molecule has 4 heterocycles. The van der Waals surface area contributed by atoms with Gasteiger partial charge < -0.3 is 26.1 Å². The summed E-state index contributed by atoms with van der Waals surface area (Å²) in [6.07, 6.45) is 7.56. The number of carboxylic acid groups (broad SMARTS) is 1. The average molecular weight is 504 g/mol. The number of carboxylic acids is 1. The van der Waals surface area contributed by atoms with E-state index in [-0.39, 0.29) is 28.9 Å². The highest BCUT2D eigenvalue weighted by Crippen LogP contribution is 2.40. The lowest BCUT2D eigenvalue weighted by Crippen LogP contribution is -2.71. The maximum absolute atomic E-state index is 12.8. The number of nitrogens with two attached hydrogens (primary N) is 1. The third-order valence-electron chi connectivity index (χ3n) is 4.77. The number of β-lactam (4-membered cyclic amide) rings is 1. The van der Waals surface area contributed by atoms with Crippen LogP contribution in [0.1, 0.15) is 5.69 Å². The summed E-state index contributed by atoms with van der Waals surface area (Å²) < 4.78 is 5.45. The summed E-state index contributed by atoms with van der Waals surface area (Å²) in [6, 6.07) is -0.994. The van der Waals surface area contributed by atoms with Gasteiger partial charge in [0.15, 0.2) is 16.6 Å². The maximum Gasteiger partial charge on any atom is 0.352 e. The topological polar surface area (TPSA) is 193 Å². The van der Waals surface area contributed by atoms with Gasteiger partial charge in [0, 0.05) is 11.1 Å². The Hall–Kier alpha value is -3.98. The summed E-state index contributed by atoms with van der Waals surface area (Å²) >= 11 is 2.35. The Morgan fingerprint density at radius 3 is 2.79 bits per heavy atom. The molecule has 1 fully saturated rings. The quantitative estimate of drug-likeness (QED) is 0.165. The number of nitrogen functional groups attached to an aromatic ring is 1. The normalized spacial score (nSPS) is 20.2. The van der Waals surface area contributed by atoms with Gasteiger partial charge in [0.2, 0.25) is 0 Å². The van der Waals surface area contributed by atoms with Crippen molar-refractivity contribution in [3.8, 4) is 5.75 Å². The molecule has 0 aromatic carbocycles. The zero-order chi connectivity index (χ0) is 24.2. The van der Waals surface area contributed by atoms with Crippen molar-refractivity contribution in [3.05, 3.63) is 53.2 Å². The van der Waals surface area contributed by atoms with Crippen LogP contribution < -0.4 is 15.8 Å². The highest BCUT2D eigenvalue weighted by molar-refractivity contribution is 8.00. The predicted molar refractivity (Wildman–Crippen MR) is 121 cm³/mol. The van der Waals surface area contributed by atoms with Crippen LogP contribution >= 0.6 is 23.1 Å². The van der Waals surface area contributed by atoms with Crippen molar-refractivity contribution in [1.82, 2.24) is 25.2 Å². The van der Waals surface area contributed by atoms with Crippen LogP contribution in [0.5, 0.6) is 5.75 Å². The number of ether oxygens (including phenoxy) is 1. The Kier molecular flexibility index (Phi) is 6.74. The molecule has 0 bridgehead atoms. The minimum absolute atomic E-state index is 0.0604. The first-order chi connectivity index (χ1) is 16.4. The molecule has 2 aliphatic rings. The van der Waals surface area contributed by atoms with E-state index in [0.29, 0.717) is 11.3 Å². The number of aromatic nitrogens is 3. The second-order valence-electron chi connectivity index (χ2n) is 6.85. The van der Waals surface area contributed by atoms with E-state index in [1.54, 1.807) is 12.2 Å². The number of rotatable bonds is 8. The van der Waals surface area contributed by atoms with Gasteiger partial charge in [-0.2, -0.15) is 0 Å². The third kappa shape index (κ3) is 4.55. The van der Waals surface area contributed by atoms with E-state index in [2.05, 4.69) is 25.4 Å². The lowest BCUT2D eigenvalue weighted by molar-refractivity contribution is -0.150. The molecule has 0 saturated carbocycles. The molecule has 1 saturated heterocycles. The molecule has 0 spiro atoms. The number of oxime groups is 1. The summed E-state index contributed by atoms with van der Waals surface area (Å²) in [5.41, 5.74) is 5.46. The highest BCUT2D eigenvalue weighted by Gasteiger charge is 2.54. The first kappa shape index (κ1) is 23.2. The minimum Gasteiger partial charge on any atom is -0.486 e. The lowest BCUT2D eigenvalue weighted by Gasteiger charge is -2.49. The molecular formula is C19H17N7O6S2. The van der Waals surface area contributed by atoms with E-state index >= 15 is 0 Å². The number of anilines is 1. The number of aliphatic carboxylic acids is 1.